The van der Waals surface area contributed by atoms with Crippen LogP contribution >= 0.6 is 0 Å². The molecule has 1 atom stereocenters. The number of benzene rings is 3. The van der Waals surface area contributed by atoms with E-state index in [2.05, 4.69) is 48.2 Å². The van der Waals surface area contributed by atoms with Crippen molar-refractivity contribution in [2.45, 2.75) is 18.8 Å². The van der Waals surface area contributed by atoms with Crippen LogP contribution in [-0.4, -0.2) is 20.2 Å². The highest BCUT2D eigenvalue weighted by Gasteiger charge is 2.10. The van der Waals surface area contributed by atoms with Crippen LogP contribution in [0.15, 0.2) is 78.9 Å². The molecule has 0 aliphatic heterocycles. The van der Waals surface area contributed by atoms with Crippen molar-refractivity contribution >= 4 is 5.97 Å². The van der Waals surface area contributed by atoms with E-state index in [-0.39, 0.29) is 11.9 Å². The van der Waals surface area contributed by atoms with E-state index in [0.717, 1.165) is 24.2 Å². The van der Waals surface area contributed by atoms with Crippen molar-refractivity contribution in [2.24, 2.45) is 0 Å². The molecule has 3 rings (SSSR count). The van der Waals surface area contributed by atoms with E-state index >= 15 is 0 Å². The van der Waals surface area contributed by atoms with Gasteiger partial charge in [-0.05, 0) is 60.4 Å². The molecule has 3 nitrogen and oxygen atoms in total. The zero-order valence-corrected chi connectivity index (χ0v) is 16.7. The van der Waals surface area contributed by atoms with Crippen LogP contribution in [-0.2, 0) is 11.2 Å². The fourth-order valence-corrected chi connectivity index (χ4v) is 3.09. The molecule has 0 N–H and O–H groups in total. The van der Waals surface area contributed by atoms with Crippen LogP contribution in [0.3, 0.4) is 0 Å². The standard InChI is InChI=1S/C26H24O3/c1-28-25-18-16-23(17-19-25)22(12-8-20-6-4-3-5-7-20)13-9-21-10-14-24(15-11-21)26(27)29-2/h3-7,10-11,14-19,22H,8,12H2,1-2H3/t22-/m1/s1. The van der Waals surface area contributed by atoms with Crippen molar-refractivity contribution in [3.8, 4) is 17.6 Å². The SMILES string of the molecule is COC(=O)c1ccc(C#C[C@@H](CCc2ccccc2)c2ccc(OC)cc2)cc1. The molecule has 146 valence electrons. The molecule has 0 radical (unpaired) electrons. The average molecular weight is 384 g/mol. The van der Waals surface area contributed by atoms with Gasteiger partial charge in [-0.2, -0.15) is 0 Å². The number of hydrogen-bond acceptors (Lipinski definition) is 3. The first-order valence-corrected chi connectivity index (χ1v) is 9.57. The summed E-state index contributed by atoms with van der Waals surface area (Å²) in [4.78, 5) is 11.6. The van der Waals surface area contributed by atoms with Gasteiger partial charge in [-0.3, -0.25) is 0 Å². The first-order valence-electron chi connectivity index (χ1n) is 9.57. The predicted molar refractivity (Wildman–Crippen MR) is 115 cm³/mol. The lowest BCUT2D eigenvalue weighted by atomic mass is 9.92. The van der Waals surface area contributed by atoms with Gasteiger partial charge in [0.15, 0.2) is 0 Å². The van der Waals surface area contributed by atoms with Crippen LogP contribution in [0.25, 0.3) is 0 Å². The van der Waals surface area contributed by atoms with E-state index in [4.69, 9.17) is 9.47 Å². The van der Waals surface area contributed by atoms with Crippen molar-refractivity contribution in [1.29, 1.82) is 0 Å². The molecule has 0 saturated heterocycles. The first kappa shape index (κ1) is 20.2. The van der Waals surface area contributed by atoms with Gasteiger partial charge >= 0.3 is 5.97 Å². The van der Waals surface area contributed by atoms with Crippen LogP contribution in [0, 0.1) is 11.8 Å². The number of methoxy groups -OCH3 is 2. The van der Waals surface area contributed by atoms with Crippen LogP contribution in [0.5, 0.6) is 5.75 Å². The maximum absolute atomic E-state index is 11.6. The molecule has 0 fully saturated rings. The molecule has 0 bridgehead atoms. The number of hydrogen-bond donors (Lipinski definition) is 0. The van der Waals surface area contributed by atoms with Gasteiger partial charge in [0.1, 0.15) is 5.75 Å². The lowest BCUT2D eigenvalue weighted by molar-refractivity contribution is 0.0600. The Balaban J connectivity index is 1.80. The van der Waals surface area contributed by atoms with Crippen LogP contribution in [0.4, 0.5) is 0 Å². The van der Waals surface area contributed by atoms with Crippen molar-refractivity contribution in [2.75, 3.05) is 14.2 Å². The highest BCUT2D eigenvalue weighted by atomic mass is 16.5. The highest BCUT2D eigenvalue weighted by molar-refractivity contribution is 5.89. The van der Waals surface area contributed by atoms with Crippen molar-refractivity contribution in [3.63, 3.8) is 0 Å². The Labute approximate surface area is 172 Å². The zero-order chi connectivity index (χ0) is 20.5. The monoisotopic (exact) mass is 384 g/mol. The summed E-state index contributed by atoms with van der Waals surface area (Å²) in [6.07, 6.45) is 1.87. The summed E-state index contributed by atoms with van der Waals surface area (Å²) in [7, 11) is 3.04. The molecule has 0 aromatic heterocycles. The lowest BCUT2D eigenvalue weighted by Crippen LogP contribution is -2.00. The normalized spacial score (nSPS) is 11.1. The fourth-order valence-electron chi connectivity index (χ4n) is 3.09. The van der Waals surface area contributed by atoms with Crippen molar-refractivity contribution in [1.82, 2.24) is 0 Å². The Morgan fingerprint density at radius 1 is 0.897 bits per heavy atom. The Bertz CT molecular complexity index is 978. The number of rotatable bonds is 6. The smallest absolute Gasteiger partial charge is 0.337 e. The zero-order valence-electron chi connectivity index (χ0n) is 16.7. The molecule has 0 spiro atoms. The molecule has 0 aliphatic rings. The minimum Gasteiger partial charge on any atom is -0.497 e. The second-order valence-electron chi connectivity index (χ2n) is 6.69. The molecule has 0 unspecified atom stereocenters. The van der Waals surface area contributed by atoms with E-state index in [1.807, 2.05) is 30.3 Å². The summed E-state index contributed by atoms with van der Waals surface area (Å²) in [5.74, 6) is 7.26. The lowest BCUT2D eigenvalue weighted by Gasteiger charge is -2.12. The minimum absolute atomic E-state index is 0.0985. The Kier molecular flexibility index (Phi) is 7.08. The number of aryl methyl sites for hydroxylation is 1. The Morgan fingerprint density at radius 3 is 2.21 bits per heavy atom. The van der Waals surface area contributed by atoms with E-state index < -0.39 is 0 Å². The minimum atomic E-state index is -0.344. The largest absolute Gasteiger partial charge is 0.497 e. The number of ether oxygens (including phenoxy) is 2. The van der Waals surface area contributed by atoms with Gasteiger partial charge in [-0.1, -0.05) is 54.3 Å². The molecule has 0 saturated carbocycles. The summed E-state index contributed by atoms with van der Waals surface area (Å²) in [6, 6.07) is 25.7. The van der Waals surface area contributed by atoms with Crippen LogP contribution in [0.1, 0.15) is 39.4 Å². The third-order valence-corrected chi connectivity index (χ3v) is 4.78. The maximum atomic E-state index is 11.6. The molecule has 0 heterocycles. The van der Waals surface area contributed by atoms with Gasteiger partial charge in [-0.25, -0.2) is 4.79 Å². The molecule has 0 amide bonds. The predicted octanol–water partition coefficient (Wildman–Crippen LogP) is 5.25. The summed E-state index contributed by atoms with van der Waals surface area (Å²) in [6.45, 7) is 0. The van der Waals surface area contributed by atoms with E-state index in [0.29, 0.717) is 5.56 Å². The fraction of sp³-hybridized carbons (Fsp3) is 0.192. The van der Waals surface area contributed by atoms with Crippen LogP contribution in [0.2, 0.25) is 0 Å². The van der Waals surface area contributed by atoms with Gasteiger partial charge in [0.25, 0.3) is 0 Å². The third kappa shape index (κ3) is 5.73. The average Bonchev–Trinajstić information content (AvgIpc) is 2.80. The molecule has 0 aliphatic carbocycles. The number of carbonyl (C=O) groups is 1. The first-order chi connectivity index (χ1) is 14.2. The summed E-state index contributed by atoms with van der Waals surface area (Å²) >= 11 is 0. The summed E-state index contributed by atoms with van der Waals surface area (Å²) in [5, 5.41) is 0. The van der Waals surface area contributed by atoms with Crippen molar-refractivity contribution in [3.05, 3.63) is 101 Å². The third-order valence-electron chi connectivity index (χ3n) is 4.78. The van der Waals surface area contributed by atoms with Crippen LogP contribution < -0.4 is 4.74 Å². The van der Waals surface area contributed by atoms with E-state index in [9.17, 15) is 4.79 Å². The summed E-state index contributed by atoms with van der Waals surface area (Å²) < 4.78 is 10.0. The quantitative estimate of drug-likeness (QED) is 0.430. The topological polar surface area (TPSA) is 35.5 Å². The molecule has 3 heteroatoms. The van der Waals surface area contributed by atoms with Gasteiger partial charge in [0, 0.05) is 11.5 Å². The number of carbonyl (C=O) groups excluding carboxylic acids is 1. The second kappa shape index (κ2) is 10.1. The molecule has 29 heavy (non-hydrogen) atoms. The molecule has 3 aromatic rings. The van der Waals surface area contributed by atoms with Crippen molar-refractivity contribution < 1.29 is 14.3 Å². The molecule has 3 aromatic carbocycles. The molecular weight excluding hydrogens is 360 g/mol. The maximum Gasteiger partial charge on any atom is 0.337 e. The van der Waals surface area contributed by atoms with Gasteiger partial charge < -0.3 is 9.47 Å². The van der Waals surface area contributed by atoms with E-state index in [1.165, 1.54) is 18.2 Å². The molecular formula is C26H24O3. The van der Waals surface area contributed by atoms with E-state index in [1.54, 1.807) is 19.2 Å². The highest BCUT2D eigenvalue weighted by Crippen LogP contribution is 2.24. The van der Waals surface area contributed by atoms with Gasteiger partial charge in [-0.15, -0.1) is 0 Å². The summed E-state index contributed by atoms with van der Waals surface area (Å²) in [5.41, 5.74) is 3.86. The Morgan fingerprint density at radius 2 is 1.59 bits per heavy atom. The number of esters is 1. The van der Waals surface area contributed by atoms with Gasteiger partial charge in [0.2, 0.25) is 0 Å². The Hall–Kier alpha value is -3.51. The van der Waals surface area contributed by atoms with Gasteiger partial charge in [0.05, 0.1) is 19.8 Å². The second-order valence-corrected chi connectivity index (χ2v) is 6.69.